The van der Waals surface area contributed by atoms with E-state index in [-0.39, 0.29) is 23.9 Å². The molecule has 2 unspecified atom stereocenters. The molecule has 0 spiro atoms. The number of carboxylic acids is 1. The number of nitrogens with one attached hydrogen (secondary N) is 1. The van der Waals surface area contributed by atoms with Gasteiger partial charge in [-0.15, -0.1) is 0 Å². The Balaban J connectivity index is 2.22. The molecule has 0 bridgehead atoms. The predicted octanol–water partition coefficient (Wildman–Crippen LogP) is 1.06. The normalized spacial score (nSPS) is 25.6. The van der Waals surface area contributed by atoms with Gasteiger partial charge in [0, 0.05) is 19.6 Å². The molecule has 1 heterocycles. The number of carbonyl (C=O) groups is 1. The first-order valence-corrected chi connectivity index (χ1v) is 6.24. The zero-order valence-corrected chi connectivity index (χ0v) is 11.0. The molecule has 0 saturated carbocycles. The van der Waals surface area contributed by atoms with Crippen molar-refractivity contribution in [1.29, 1.82) is 0 Å². The van der Waals surface area contributed by atoms with Crippen LogP contribution >= 0.6 is 0 Å². The molecule has 0 radical (unpaired) electrons. The van der Waals surface area contributed by atoms with Gasteiger partial charge in [0.2, 0.25) is 0 Å². The molecule has 5 N–H and O–H groups in total. The van der Waals surface area contributed by atoms with Crippen LogP contribution in [0.1, 0.15) is 23.7 Å². The van der Waals surface area contributed by atoms with Crippen LogP contribution in [0, 0.1) is 5.82 Å². The molecule has 7 heteroatoms. The summed E-state index contributed by atoms with van der Waals surface area (Å²) < 4.78 is 18.6. The van der Waals surface area contributed by atoms with E-state index < -0.39 is 23.1 Å². The summed E-state index contributed by atoms with van der Waals surface area (Å²) in [5.41, 5.74) is 3.77. The zero-order valence-electron chi connectivity index (χ0n) is 11.0. The summed E-state index contributed by atoms with van der Waals surface area (Å²) in [6.45, 7) is 2.28. The Kier molecular flexibility index (Phi) is 3.82. The lowest BCUT2D eigenvalue weighted by Crippen LogP contribution is -2.43. The number of carboxylic acid groups (broad SMARTS) is 1. The standard InChI is InChI=1S/C13H17FN2O4/c1-7-13(19,4-5-20-7)6-16-9-3-2-8(14)11(15)10(9)12(17)18/h2-3,7,16,19H,4-6,15H2,1H3,(H,17,18). The maximum Gasteiger partial charge on any atom is 0.340 e. The molecule has 0 amide bonds. The maximum absolute atomic E-state index is 13.3. The summed E-state index contributed by atoms with van der Waals surface area (Å²) in [4.78, 5) is 11.2. The molecule has 2 atom stereocenters. The third-order valence-electron chi connectivity index (χ3n) is 3.65. The van der Waals surface area contributed by atoms with Crippen LogP contribution < -0.4 is 11.1 Å². The Hall–Kier alpha value is -1.86. The smallest absolute Gasteiger partial charge is 0.340 e. The van der Waals surface area contributed by atoms with Gasteiger partial charge in [0.1, 0.15) is 17.0 Å². The predicted molar refractivity (Wildman–Crippen MR) is 71.2 cm³/mol. The van der Waals surface area contributed by atoms with Crippen molar-refractivity contribution in [2.45, 2.75) is 25.0 Å². The lowest BCUT2D eigenvalue weighted by molar-refractivity contribution is -0.0176. The van der Waals surface area contributed by atoms with Gasteiger partial charge in [-0.1, -0.05) is 0 Å². The number of rotatable bonds is 4. The van der Waals surface area contributed by atoms with E-state index in [2.05, 4.69) is 5.32 Å². The molecule has 1 aliphatic rings. The number of ether oxygens (including phenoxy) is 1. The molecule has 1 aromatic rings. The second-order valence-corrected chi connectivity index (χ2v) is 4.91. The van der Waals surface area contributed by atoms with Crippen molar-refractivity contribution in [3.05, 3.63) is 23.5 Å². The van der Waals surface area contributed by atoms with E-state index >= 15 is 0 Å². The van der Waals surface area contributed by atoms with Crippen LogP contribution in [-0.4, -0.2) is 41.0 Å². The number of nitrogens with two attached hydrogens (primary N) is 1. The molecule has 6 nitrogen and oxygen atoms in total. The average Bonchev–Trinajstić information content (AvgIpc) is 2.71. The Bertz CT molecular complexity index is 537. The number of hydrogen-bond acceptors (Lipinski definition) is 5. The molecule has 1 aromatic carbocycles. The summed E-state index contributed by atoms with van der Waals surface area (Å²) in [7, 11) is 0. The van der Waals surface area contributed by atoms with Crippen LogP contribution in [0.15, 0.2) is 12.1 Å². The lowest BCUT2D eigenvalue weighted by Gasteiger charge is -2.27. The topological polar surface area (TPSA) is 105 Å². The van der Waals surface area contributed by atoms with Crippen LogP contribution in [-0.2, 0) is 4.74 Å². The highest BCUT2D eigenvalue weighted by Gasteiger charge is 2.39. The highest BCUT2D eigenvalue weighted by atomic mass is 19.1. The van der Waals surface area contributed by atoms with Crippen LogP contribution in [0.3, 0.4) is 0 Å². The van der Waals surface area contributed by atoms with E-state index in [0.717, 1.165) is 6.07 Å². The van der Waals surface area contributed by atoms with Crippen molar-refractivity contribution in [3.63, 3.8) is 0 Å². The van der Waals surface area contributed by atoms with Crippen molar-refractivity contribution < 1.29 is 24.1 Å². The van der Waals surface area contributed by atoms with Gasteiger partial charge in [-0.25, -0.2) is 9.18 Å². The van der Waals surface area contributed by atoms with E-state index in [1.807, 2.05) is 0 Å². The van der Waals surface area contributed by atoms with Gasteiger partial charge < -0.3 is 26.0 Å². The number of halogens is 1. The van der Waals surface area contributed by atoms with E-state index in [9.17, 15) is 14.3 Å². The van der Waals surface area contributed by atoms with E-state index in [1.165, 1.54) is 6.07 Å². The molecule has 0 aliphatic carbocycles. The molecule has 20 heavy (non-hydrogen) atoms. The Morgan fingerprint density at radius 1 is 1.65 bits per heavy atom. The first-order valence-electron chi connectivity index (χ1n) is 6.24. The summed E-state index contributed by atoms with van der Waals surface area (Å²) in [5.74, 6) is -2.11. The van der Waals surface area contributed by atoms with Crippen molar-refractivity contribution in [3.8, 4) is 0 Å². The SMILES string of the molecule is CC1OCCC1(O)CNc1ccc(F)c(N)c1C(=O)O. The average molecular weight is 284 g/mol. The number of benzene rings is 1. The van der Waals surface area contributed by atoms with Gasteiger partial charge >= 0.3 is 5.97 Å². The van der Waals surface area contributed by atoms with Crippen LogP contribution in [0.4, 0.5) is 15.8 Å². The Morgan fingerprint density at radius 2 is 2.35 bits per heavy atom. The fraction of sp³-hybridized carbons (Fsp3) is 0.462. The summed E-state index contributed by atoms with van der Waals surface area (Å²) >= 11 is 0. The van der Waals surface area contributed by atoms with E-state index in [1.54, 1.807) is 6.92 Å². The molecule has 0 aromatic heterocycles. The highest BCUT2D eigenvalue weighted by molar-refractivity contribution is 6.00. The molecule has 110 valence electrons. The van der Waals surface area contributed by atoms with E-state index in [4.69, 9.17) is 15.6 Å². The van der Waals surface area contributed by atoms with Gasteiger partial charge in [-0.3, -0.25) is 0 Å². The summed E-state index contributed by atoms with van der Waals surface area (Å²) in [6, 6.07) is 2.38. The van der Waals surface area contributed by atoms with Gasteiger partial charge in [0.25, 0.3) is 0 Å². The number of anilines is 2. The van der Waals surface area contributed by atoms with Crippen LogP contribution in [0.5, 0.6) is 0 Å². The zero-order chi connectivity index (χ0) is 14.9. The van der Waals surface area contributed by atoms with Crippen molar-refractivity contribution in [1.82, 2.24) is 0 Å². The second-order valence-electron chi connectivity index (χ2n) is 4.91. The molecular weight excluding hydrogens is 267 g/mol. The number of nitrogen functional groups attached to an aromatic ring is 1. The summed E-state index contributed by atoms with van der Waals surface area (Å²) in [5, 5.41) is 22.3. The summed E-state index contributed by atoms with van der Waals surface area (Å²) in [6.07, 6.45) is 0.0846. The molecule has 1 saturated heterocycles. The Morgan fingerprint density at radius 3 is 2.90 bits per heavy atom. The monoisotopic (exact) mass is 284 g/mol. The molecular formula is C13H17FN2O4. The van der Waals surface area contributed by atoms with Crippen molar-refractivity contribution >= 4 is 17.3 Å². The fourth-order valence-corrected chi connectivity index (χ4v) is 2.22. The second kappa shape index (κ2) is 5.26. The maximum atomic E-state index is 13.3. The van der Waals surface area contributed by atoms with Crippen LogP contribution in [0.2, 0.25) is 0 Å². The number of aliphatic hydroxyl groups is 1. The van der Waals surface area contributed by atoms with Gasteiger partial charge in [0.15, 0.2) is 0 Å². The minimum atomic E-state index is -1.33. The first kappa shape index (κ1) is 14.5. The van der Waals surface area contributed by atoms with Gasteiger partial charge in [0.05, 0.1) is 17.5 Å². The molecule has 1 fully saturated rings. The minimum Gasteiger partial charge on any atom is -0.478 e. The fourth-order valence-electron chi connectivity index (χ4n) is 2.22. The minimum absolute atomic E-state index is 0.0967. The van der Waals surface area contributed by atoms with Crippen molar-refractivity contribution in [2.24, 2.45) is 0 Å². The molecule has 2 rings (SSSR count). The first-order chi connectivity index (χ1) is 9.35. The molecule has 1 aliphatic heterocycles. The van der Waals surface area contributed by atoms with Gasteiger partial charge in [-0.05, 0) is 19.1 Å². The van der Waals surface area contributed by atoms with E-state index in [0.29, 0.717) is 13.0 Å². The largest absolute Gasteiger partial charge is 0.478 e. The number of aromatic carboxylic acids is 1. The highest BCUT2D eigenvalue weighted by Crippen LogP contribution is 2.29. The third kappa shape index (κ3) is 2.54. The van der Waals surface area contributed by atoms with Crippen LogP contribution in [0.25, 0.3) is 0 Å². The quantitative estimate of drug-likeness (QED) is 0.616. The lowest BCUT2D eigenvalue weighted by atomic mass is 9.96. The Labute approximate surface area is 115 Å². The van der Waals surface area contributed by atoms with Crippen molar-refractivity contribution in [2.75, 3.05) is 24.2 Å². The van der Waals surface area contributed by atoms with Gasteiger partial charge in [-0.2, -0.15) is 0 Å². The number of hydrogen-bond donors (Lipinski definition) is 4. The third-order valence-corrected chi connectivity index (χ3v) is 3.65.